The molecule has 0 heteroatoms. The number of rotatable bonds is 2. The van der Waals surface area contributed by atoms with Gasteiger partial charge in [-0.15, -0.1) is 0 Å². The van der Waals surface area contributed by atoms with Gasteiger partial charge >= 0.3 is 0 Å². The van der Waals surface area contributed by atoms with E-state index in [2.05, 4.69) is 82.0 Å². The molecule has 0 radical (unpaired) electrons. The van der Waals surface area contributed by atoms with Crippen molar-refractivity contribution in [2.24, 2.45) is 0 Å². The molecule has 0 aliphatic heterocycles. The normalized spacial score (nSPS) is 16.2. The second kappa shape index (κ2) is 5.21. The predicted octanol–water partition coefficient (Wildman–Crippen LogP) is 6.16. The Balaban J connectivity index is 2.39. The van der Waals surface area contributed by atoms with Crippen LogP contribution in [0.15, 0.2) is 72.4 Å². The first kappa shape index (κ1) is 13.6. The Labute approximate surface area is 126 Å². The Morgan fingerprint density at radius 3 is 2.14 bits per heavy atom. The molecule has 0 spiro atoms. The van der Waals surface area contributed by atoms with E-state index in [0.29, 0.717) is 0 Å². The summed E-state index contributed by atoms with van der Waals surface area (Å²) in [6.45, 7) is 10.5. The fourth-order valence-corrected chi connectivity index (χ4v) is 3.20. The lowest BCUT2D eigenvalue weighted by molar-refractivity contribution is 1.48. The average Bonchev–Trinajstić information content (AvgIpc) is 2.78. The molecule has 2 aromatic carbocycles. The van der Waals surface area contributed by atoms with Gasteiger partial charge in [-0.1, -0.05) is 49.1 Å². The second-order valence-electron chi connectivity index (χ2n) is 5.52. The van der Waals surface area contributed by atoms with E-state index in [1.54, 1.807) is 0 Å². The van der Waals surface area contributed by atoms with Crippen LogP contribution in [0.1, 0.15) is 31.9 Å². The van der Waals surface area contributed by atoms with Crippen LogP contribution in [0.5, 0.6) is 0 Å². The maximum absolute atomic E-state index is 4.19. The largest absolute Gasteiger partial charge is 0.0955 e. The van der Waals surface area contributed by atoms with Crippen LogP contribution in [0.3, 0.4) is 0 Å². The number of hydrogen-bond donors (Lipinski definition) is 0. The summed E-state index contributed by atoms with van der Waals surface area (Å²) in [6.07, 6.45) is 6.51. The molecule has 0 heterocycles. The Morgan fingerprint density at radius 1 is 1.00 bits per heavy atom. The highest BCUT2D eigenvalue weighted by molar-refractivity contribution is 6.08. The first-order valence-electron chi connectivity index (χ1n) is 7.40. The summed E-state index contributed by atoms with van der Waals surface area (Å²) in [5, 5.41) is 2.58. The highest BCUT2D eigenvalue weighted by Gasteiger charge is 2.25. The van der Waals surface area contributed by atoms with Crippen molar-refractivity contribution >= 4 is 21.9 Å². The zero-order chi connectivity index (χ0) is 15.0. The van der Waals surface area contributed by atoms with Gasteiger partial charge in [0.2, 0.25) is 0 Å². The SMILES string of the molecule is C=C(C)C1=C(/C=C\C)c2cc3ccccc3cc2/C1=C/C. The molecule has 0 bridgehead atoms. The van der Waals surface area contributed by atoms with E-state index in [1.165, 1.54) is 38.6 Å². The molecule has 3 rings (SSSR count). The predicted molar refractivity (Wildman–Crippen MR) is 94.1 cm³/mol. The fourth-order valence-electron chi connectivity index (χ4n) is 3.20. The highest BCUT2D eigenvalue weighted by Crippen LogP contribution is 2.46. The van der Waals surface area contributed by atoms with Crippen LogP contribution in [0.2, 0.25) is 0 Å². The molecule has 1 aliphatic carbocycles. The molecule has 0 atom stereocenters. The van der Waals surface area contributed by atoms with E-state index in [1.807, 2.05) is 0 Å². The number of allylic oxidation sites excluding steroid dienone is 7. The number of benzene rings is 2. The molecule has 0 amide bonds. The van der Waals surface area contributed by atoms with Gasteiger partial charge < -0.3 is 0 Å². The molecule has 0 nitrogen and oxygen atoms in total. The second-order valence-corrected chi connectivity index (χ2v) is 5.52. The maximum Gasteiger partial charge on any atom is -0.00790 e. The van der Waals surface area contributed by atoms with Gasteiger partial charge in [-0.3, -0.25) is 0 Å². The molecule has 0 unspecified atom stereocenters. The van der Waals surface area contributed by atoms with Crippen molar-refractivity contribution in [2.75, 3.05) is 0 Å². The van der Waals surface area contributed by atoms with Gasteiger partial charge in [0.05, 0.1) is 0 Å². The molecule has 21 heavy (non-hydrogen) atoms. The number of hydrogen-bond acceptors (Lipinski definition) is 0. The van der Waals surface area contributed by atoms with Crippen LogP contribution in [-0.2, 0) is 0 Å². The summed E-state index contributed by atoms with van der Waals surface area (Å²) in [4.78, 5) is 0. The highest BCUT2D eigenvalue weighted by atomic mass is 14.3. The van der Waals surface area contributed by atoms with E-state index in [4.69, 9.17) is 0 Å². The van der Waals surface area contributed by atoms with Crippen LogP contribution in [-0.4, -0.2) is 0 Å². The van der Waals surface area contributed by atoms with Crippen molar-refractivity contribution in [1.82, 2.24) is 0 Å². The molecular weight excluding hydrogens is 252 g/mol. The van der Waals surface area contributed by atoms with E-state index >= 15 is 0 Å². The summed E-state index contributed by atoms with van der Waals surface area (Å²) in [7, 11) is 0. The molecule has 1 aliphatic rings. The number of fused-ring (bicyclic) bond motifs is 2. The minimum absolute atomic E-state index is 1.12. The van der Waals surface area contributed by atoms with Crippen LogP contribution < -0.4 is 0 Å². The molecule has 0 saturated carbocycles. The smallest absolute Gasteiger partial charge is 0.00790 e. The van der Waals surface area contributed by atoms with Gasteiger partial charge in [0.1, 0.15) is 0 Å². The lowest BCUT2D eigenvalue weighted by Crippen LogP contribution is -1.86. The van der Waals surface area contributed by atoms with Crippen molar-refractivity contribution in [1.29, 1.82) is 0 Å². The Kier molecular flexibility index (Phi) is 3.39. The van der Waals surface area contributed by atoms with Gasteiger partial charge in [-0.05, 0) is 77.1 Å². The van der Waals surface area contributed by atoms with Gasteiger partial charge in [-0.2, -0.15) is 0 Å². The average molecular weight is 272 g/mol. The molecule has 0 N–H and O–H groups in total. The minimum atomic E-state index is 1.12. The van der Waals surface area contributed by atoms with Gasteiger partial charge in [0.25, 0.3) is 0 Å². The molecule has 0 saturated heterocycles. The first-order chi connectivity index (χ1) is 10.2. The lowest BCUT2D eigenvalue weighted by atomic mass is 9.97. The molecule has 0 aromatic heterocycles. The van der Waals surface area contributed by atoms with Crippen LogP contribution >= 0.6 is 0 Å². The zero-order valence-electron chi connectivity index (χ0n) is 12.9. The van der Waals surface area contributed by atoms with Crippen molar-refractivity contribution in [2.45, 2.75) is 20.8 Å². The van der Waals surface area contributed by atoms with E-state index in [9.17, 15) is 0 Å². The lowest BCUT2D eigenvalue weighted by Gasteiger charge is -2.07. The summed E-state index contributed by atoms with van der Waals surface area (Å²) in [5.41, 5.74) is 7.63. The third-order valence-electron chi connectivity index (χ3n) is 4.05. The third kappa shape index (κ3) is 2.08. The minimum Gasteiger partial charge on any atom is -0.0955 e. The van der Waals surface area contributed by atoms with Crippen molar-refractivity contribution in [3.8, 4) is 0 Å². The van der Waals surface area contributed by atoms with E-state index < -0.39 is 0 Å². The van der Waals surface area contributed by atoms with Gasteiger partial charge in [0.15, 0.2) is 0 Å². The van der Waals surface area contributed by atoms with E-state index in [-0.39, 0.29) is 0 Å². The third-order valence-corrected chi connectivity index (χ3v) is 4.05. The quantitative estimate of drug-likeness (QED) is 0.614. The zero-order valence-corrected chi connectivity index (χ0v) is 12.9. The van der Waals surface area contributed by atoms with Gasteiger partial charge in [-0.25, -0.2) is 0 Å². The standard InChI is InChI=1S/C21H20/c1-5-9-18-20-13-16-11-8-7-10-15(16)12-19(20)17(6-2)21(18)14(3)4/h5-13H,3H2,1-2,4H3/b9-5-,17-6-. The Morgan fingerprint density at radius 2 is 1.62 bits per heavy atom. The van der Waals surface area contributed by atoms with E-state index in [0.717, 1.165) is 5.57 Å². The van der Waals surface area contributed by atoms with Crippen molar-refractivity contribution in [3.63, 3.8) is 0 Å². The van der Waals surface area contributed by atoms with Crippen LogP contribution in [0.4, 0.5) is 0 Å². The fraction of sp³-hybridized carbons (Fsp3) is 0.143. The maximum atomic E-state index is 4.19. The Bertz CT molecular complexity index is 826. The first-order valence-corrected chi connectivity index (χ1v) is 7.40. The van der Waals surface area contributed by atoms with Crippen LogP contribution in [0.25, 0.3) is 21.9 Å². The van der Waals surface area contributed by atoms with Crippen molar-refractivity contribution in [3.05, 3.63) is 83.5 Å². The molecule has 2 aromatic rings. The molecule has 0 fully saturated rings. The molecular formula is C21H20. The Hall–Kier alpha value is -2.34. The topological polar surface area (TPSA) is 0 Å². The summed E-state index contributed by atoms with van der Waals surface area (Å²) in [6, 6.07) is 13.2. The van der Waals surface area contributed by atoms with Crippen LogP contribution in [0, 0.1) is 0 Å². The monoisotopic (exact) mass is 272 g/mol. The summed E-state index contributed by atoms with van der Waals surface area (Å²) in [5.74, 6) is 0. The van der Waals surface area contributed by atoms with Crippen molar-refractivity contribution < 1.29 is 0 Å². The summed E-state index contributed by atoms with van der Waals surface area (Å²) >= 11 is 0. The molecule has 104 valence electrons. The van der Waals surface area contributed by atoms with Gasteiger partial charge in [0, 0.05) is 0 Å². The summed E-state index contributed by atoms with van der Waals surface area (Å²) < 4.78 is 0.